The fourth-order valence-corrected chi connectivity index (χ4v) is 3.90. The van der Waals surface area contributed by atoms with Crippen LogP contribution in [-0.4, -0.2) is 33.8 Å². The predicted octanol–water partition coefficient (Wildman–Crippen LogP) is 3.70. The van der Waals surface area contributed by atoms with E-state index in [2.05, 4.69) is 40.3 Å². The molecule has 2 heterocycles. The summed E-state index contributed by atoms with van der Waals surface area (Å²) in [6, 6.07) is 10.3. The molecule has 0 spiro atoms. The first-order valence-corrected chi connectivity index (χ1v) is 9.96. The zero-order valence-corrected chi connectivity index (χ0v) is 17.1. The van der Waals surface area contributed by atoms with Crippen LogP contribution >= 0.6 is 0 Å². The molecule has 0 unspecified atom stereocenters. The molecule has 4 rings (SSSR count). The van der Waals surface area contributed by atoms with Crippen LogP contribution in [0, 0.1) is 24.2 Å². The van der Waals surface area contributed by atoms with E-state index in [1.807, 2.05) is 30.9 Å². The summed E-state index contributed by atoms with van der Waals surface area (Å²) in [5, 5.41) is 17.9. The van der Waals surface area contributed by atoms with E-state index in [1.54, 1.807) is 6.20 Å². The van der Waals surface area contributed by atoms with Gasteiger partial charge in [-0.05, 0) is 69.1 Å². The molecule has 0 radical (unpaired) electrons. The van der Waals surface area contributed by atoms with Crippen molar-refractivity contribution < 1.29 is 0 Å². The minimum atomic E-state index is -0.177. The molecule has 0 amide bonds. The molecule has 3 aromatic rings. The summed E-state index contributed by atoms with van der Waals surface area (Å²) in [4.78, 5) is 17.5. The quantitative estimate of drug-likeness (QED) is 0.642. The molecule has 29 heavy (non-hydrogen) atoms. The molecule has 0 aliphatic heterocycles. The molecule has 0 saturated heterocycles. The van der Waals surface area contributed by atoms with Crippen LogP contribution in [0.5, 0.6) is 0 Å². The Hall–Kier alpha value is -3.11. The number of benzene rings is 1. The second-order valence-electron chi connectivity index (χ2n) is 8.13. The Bertz CT molecular complexity index is 1130. The molecule has 7 heteroatoms. The number of hydrogen-bond acceptors (Lipinski definition) is 5. The number of H-pyrrole nitrogens is 1. The van der Waals surface area contributed by atoms with Gasteiger partial charge in [-0.25, -0.2) is 0 Å². The Balaban J connectivity index is 1.74. The number of nitrogens with one attached hydrogen (secondary N) is 2. The molecule has 2 aromatic heterocycles. The van der Waals surface area contributed by atoms with Gasteiger partial charge in [-0.1, -0.05) is 6.07 Å². The predicted molar refractivity (Wildman–Crippen MR) is 114 cm³/mol. The van der Waals surface area contributed by atoms with Crippen molar-refractivity contribution in [1.29, 1.82) is 5.26 Å². The average Bonchev–Trinajstić information content (AvgIpc) is 3.44. The molecule has 1 aromatic carbocycles. The molecule has 1 saturated carbocycles. The lowest BCUT2D eigenvalue weighted by Crippen LogP contribution is -2.13. The fraction of sp³-hybridized carbons (Fsp3) is 0.409. The van der Waals surface area contributed by atoms with Crippen LogP contribution < -0.4 is 10.9 Å². The number of fused-ring (bicyclic) bond motifs is 1. The average molecular weight is 390 g/mol. The lowest BCUT2D eigenvalue weighted by molar-refractivity contribution is 0.401. The van der Waals surface area contributed by atoms with Gasteiger partial charge in [0.05, 0.1) is 24.0 Å². The van der Waals surface area contributed by atoms with E-state index in [0.29, 0.717) is 23.5 Å². The molecule has 0 bridgehead atoms. The Kier molecular flexibility index (Phi) is 5.12. The van der Waals surface area contributed by atoms with Crippen molar-refractivity contribution in [1.82, 2.24) is 19.7 Å². The molecule has 1 atom stereocenters. The van der Waals surface area contributed by atoms with E-state index >= 15 is 0 Å². The third kappa shape index (κ3) is 3.89. The zero-order valence-electron chi connectivity index (χ0n) is 17.1. The molecule has 150 valence electrons. The Morgan fingerprint density at radius 1 is 1.38 bits per heavy atom. The normalized spacial score (nSPS) is 14.9. The van der Waals surface area contributed by atoms with Gasteiger partial charge < -0.3 is 15.2 Å². The fourth-order valence-electron chi connectivity index (χ4n) is 3.90. The number of anilines is 2. The topological polar surface area (TPSA) is 89.7 Å². The lowest BCUT2D eigenvalue weighted by Gasteiger charge is -2.15. The van der Waals surface area contributed by atoms with Gasteiger partial charge in [0.15, 0.2) is 5.82 Å². The van der Waals surface area contributed by atoms with Crippen LogP contribution in [0.3, 0.4) is 0 Å². The highest BCUT2D eigenvalue weighted by atomic mass is 16.1. The Labute approximate surface area is 170 Å². The highest BCUT2D eigenvalue weighted by molar-refractivity contribution is 5.91. The van der Waals surface area contributed by atoms with Crippen LogP contribution in [0.15, 0.2) is 35.3 Å². The van der Waals surface area contributed by atoms with Crippen LogP contribution in [0.2, 0.25) is 0 Å². The number of pyridine rings is 1. The van der Waals surface area contributed by atoms with Crippen molar-refractivity contribution in [3.63, 3.8) is 0 Å². The summed E-state index contributed by atoms with van der Waals surface area (Å²) in [5.41, 5.74) is 3.93. The minimum absolute atomic E-state index is 0.00375. The van der Waals surface area contributed by atoms with Crippen molar-refractivity contribution in [2.24, 2.45) is 5.92 Å². The summed E-state index contributed by atoms with van der Waals surface area (Å²) in [5.74, 6) is 0.989. The maximum absolute atomic E-state index is 12.6. The first-order valence-electron chi connectivity index (χ1n) is 9.96. The first kappa shape index (κ1) is 19.2. The van der Waals surface area contributed by atoms with Crippen molar-refractivity contribution in [3.05, 3.63) is 51.9 Å². The number of hydrogen-bond donors (Lipinski definition) is 2. The summed E-state index contributed by atoms with van der Waals surface area (Å²) in [6.07, 6.45) is 4.24. The van der Waals surface area contributed by atoms with Crippen LogP contribution in [0.1, 0.15) is 36.4 Å². The van der Waals surface area contributed by atoms with Crippen LogP contribution in [0.4, 0.5) is 11.5 Å². The smallest absolute Gasteiger partial charge is 0.261 e. The summed E-state index contributed by atoms with van der Waals surface area (Å²) < 4.78 is 1.88. The SMILES string of the molecule is Cc1cc(Nc2nn([C@@H](CC#N)C3CC3)c3cc[nH]c(=O)c23)ccc1CN(C)C. The summed E-state index contributed by atoms with van der Waals surface area (Å²) >= 11 is 0. The number of nitriles is 1. The second kappa shape index (κ2) is 7.72. The Morgan fingerprint density at radius 2 is 2.17 bits per heavy atom. The molecular formula is C22H26N6O. The molecular weight excluding hydrogens is 364 g/mol. The molecule has 2 N–H and O–H groups in total. The van der Waals surface area contributed by atoms with Gasteiger partial charge in [0.2, 0.25) is 0 Å². The van der Waals surface area contributed by atoms with Gasteiger partial charge in [-0.3, -0.25) is 9.48 Å². The monoisotopic (exact) mass is 390 g/mol. The maximum Gasteiger partial charge on any atom is 0.261 e. The number of nitrogens with zero attached hydrogens (tertiary/aromatic N) is 4. The van der Waals surface area contributed by atoms with Crippen molar-refractivity contribution in [2.45, 2.75) is 38.8 Å². The lowest BCUT2D eigenvalue weighted by atomic mass is 10.1. The molecule has 7 nitrogen and oxygen atoms in total. The van der Waals surface area contributed by atoms with Gasteiger partial charge in [0.25, 0.3) is 5.56 Å². The third-order valence-electron chi connectivity index (χ3n) is 5.50. The zero-order chi connectivity index (χ0) is 20.5. The Morgan fingerprint density at radius 3 is 2.83 bits per heavy atom. The van der Waals surface area contributed by atoms with E-state index in [-0.39, 0.29) is 11.6 Å². The summed E-state index contributed by atoms with van der Waals surface area (Å²) in [7, 11) is 4.10. The first-order chi connectivity index (χ1) is 14.0. The number of aromatic nitrogens is 3. The van der Waals surface area contributed by atoms with Gasteiger partial charge in [0.1, 0.15) is 5.39 Å². The highest BCUT2D eigenvalue weighted by Gasteiger charge is 2.34. The summed E-state index contributed by atoms with van der Waals surface area (Å²) in [6.45, 7) is 2.96. The van der Waals surface area contributed by atoms with Crippen LogP contribution in [0.25, 0.3) is 10.9 Å². The molecule has 1 aliphatic carbocycles. The van der Waals surface area contributed by atoms with E-state index in [0.717, 1.165) is 30.6 Å². The number of rotatable bonds is 7. The number of aryl methyl sites for hydroxylation is 1. The van der Waals surface area contributed by atoms with Crippen molar-refractivity contribution in [2.75, 3.05) is 19.4 Å². The van der Waals surface area contributed by atoms with E-state index < -0.39 is 0 Å². The number of aromatic amines is 1. The van der Waals surface area contributed by atoms with E-state index in [1.165, 1.54) is 11.1 Å². The van der Waals surface area contributed by atoms with Crippen LogP contribution in [-0.2, 0) is 6.54 Å². The molecule has 1 aliphatic rings. The maximum atomic E-state index is 12.6. The van der Waals surface area contributed by atoms with E-state index in [4.69, 9.17) is 5.10 Å². The van der Waals surface area contributed by atoms with Gasteiger partial charge >= 0.3 is 0 Å². The van der Waals surface area contributed by atoms with Gasteiger partial charge in [-0.15, -0.1) is 0 Å². The van der Waals surface area contributed by atoms with Crippen molar-refractivity contribution in [3.8, 4) is 6.07 Å². The highest BCUT2D eigenvalue weighted by Crippen LogP contribution is 2.42. The van der Waals surface area contributed by atoms with E-state index in [9.17, 15) is 10.1 Å². The minimum Gasteiger partial charge on any atom is -0.338 e. The second-order valence-corrected chi connectivity index (χ2v) is 8.13. The van der Waals surface area contributed by atoms with Gasteiger partial charge in [-0.2, -0.15) is 10.4 Å². The largest absolute Gasteiger partial charge is 0.338 e. The molecule has 1 fully saturated rings. The van der Waals surface area contributed by atoms with Crippen molar-refractivity contribution >= 4 is 22.4 Å². The van der Waals surface area contributed by atoms with Gasteiger partial charge in [0, 0.05) is 18.4 Å². The third-order valence-corrected chi connectivity index (χ3v) is 5.50. The standard InChI is InChI=1S/C22H26N6O/c1-14-12-17(7-6-16(14)13-27(2)3)25-21-20-19(9-11-24-22(20)29)28(26-21)18(8-10-23)15-4-5-15/h6-7,9,11-12,15,18H,4-5,8,13H2,1-3H3,(H,24,29)(H,25,26)/t18-/m0/s1.